The van der Waals surface area contributed by atoms with Gasteiger partial charge in [-0.2, -0.15) is 0 Å². The highest BCUT2D eigenvalue weighted by Gasteiger charge is 2.23. The number of hydrogen-bond acceptors (Lipinski definition) is 6. The van der Waals surface area contributed by atoms with E-state index in [2.05, 4.69) is 16.0 Å². The summed E-state index contributed by atoms with van der Waals surface area (Å²) in [7, 11) is 1.55. The van der Waals surface area contributed by atoms with Gasteiger partial charge < -0.3 is 29.8 Å². The highest BCUT2D eigenvalue weighted by atomic mass is 19.1. The van der Waals surface area contributed by atoms with Gasteiger partial charge in [0.2, 0.25) is 0 Å². The van der Waals surface area contributed by atoms with Crippen molar-refractivity contribution in [2.75, 3.05) is 39.9 Å². The molecule has 0 saturated carbocycles. The minimum atomic E-state index is -0.380. The van der Waals surface area contributed by atoms with Gasteiger partial charge in [0.25, 0.3) is 11.8 Å². The molecule has 2 heterocycles. The molecule has 42 heavy (non-hydrogen) atoms. The average Bonchev–Trinajstić information content (AvgIpc) is 3.39. The summed E-state index contributed by atoms with van der Waals surface area (Å²) in [6.07, 6.45) is 0.789. The Labute approximate surface area is 244 Å². The molecular weight excluding hydrogens is 537 g/mol. The van der Waals surface area contributed by atoms with Crippen molar-refractivity contribution in [3.05, 3.63) is 77.6 Å². The third kappa shape index (κ3) is 6.64. The third-order valence-electron chi connectivity index (χ3n) is 7.17. The number of hydrogen-bond donors (Lipinski definition) is 3. The number of morpholine rings is 1. The number of carbonyl (C=O) groups excluding carboxylic acids is 2. The predicted octanol–water partition coefficient (Wildman–Crippen LogP) is 5.41. The van der Waals surface area contributed by atoms with Gasteiger partial charge in [-0.25, -0.2) is 4.39 Å². The van der Waals surface area contributed by atoms with Gasteiger partial charge in [-0.1, -0.05) is 19.9 Å². The van der Waals surface area contributed by atoms with Crippen LogP contribution in [-0.2, 0) is 4.74 Å². The normalized spacial score (nSPS) is 15.1. The molecule has 1 aliphatic rings. The van der Waals surface area contributed by atoms with Crippen molar-refractivity contribution in [3.8, 4) is 28.2 Å². The number of nitrogens with one attached hydrogen (secondary N) is 3. The van der Waals surface area contributed by atoms with E-state index >= 15 is 0 Å². The molecule has 0 bridgehead atoms. The summed E-state index contributed by atoms with van der Waals surface area (Å²) < 4.78 is 31.8. The van der Waals surface area contributed by atoms with E-state index in [1.54, 1.807) is 31.3 Å². The molecule has 4 aromatic rings. The Balaban J connectivity index is 1.54. The molecule has 3 N–H and O–H groups in total. The predicted molar refractivity (Wildman–Crippen MR) is 160 cm³/mol. The number of fused-ring (bicyclic) bond motifs is 1. The Morgan fingerprint density at radius 1 is 1.05 bits per heavy atom. The smallest absolute Gasteiger partial charge is 0.255 e. The van der Waals surface area contributed by atoms with Crippen molar-refractivity contribution in [1.29, 1.82) is 0 Å². The Morgan fingerprint density at radius 2 is 1.83 bits per heavy atom. The molecule has 1 saturated heterocycles. The number of ether oxygens (including phenoxy) is 2. The molecule has 9 heteroatoms. The fourth-order valence-corrected chi connectivity index (χ4v) is 4.95. The number of rotatable bonds is 10. The van der Waals surface area contributed by atoms with E-state index in [-0.39, 0.29) is 23.7 Å². The van der Waals surface area contributed by atoms with Crippen LogP contribution in [-0.4, -0.2) is 57.8 Å². The molecule has 2 amide bonds. The first-order valence-electron chi connectivity index (χ1n) is 14.3. The number of benzene rings is 3. The fraction of sp³-hybridized carbons (Fsp3) is 0.333. The largest absolute Gasteiger partial charge is 0.493 e. The van der Waals surface area contributed by atoms with Crippen molar-refractivity contribution in [2.45, 2.75) is 26.4 Å². The molecule has 1 aromatic heterocycles. The van der Waals surface area contributed by atoms with E-state index in [4.69, 9.17) is 13.9 Å². The number of carbonyl (C=O) groups is 2. The average molecular weight is 574 g/mol. The zero-order valence-electron chi connectivity index (χ0n) is 24.1. The maximum absolute atomic E-state index is 13.6. The van der Waals surface area contributed by atoms with Crippen molar-refractivity contribution < 1.29 is 27.9 Å². The fourth-order valence-electron chi connectivity index (χ4n) is 4.95. The van der Waals surface area contributed by atoms with E-state index in [0.29, 0.717) is 76.8 Å². The van der Waals surface area contributed by atoms with Gasteiger partial charge in [0.15, 0.2) is 0 Å². The van der Waals surface area contributed by atoms with Crippen LogP contribution in [0.5, 0.6) is 5.75 Å². The number of amides is 2. The lowest BCUT2D eigenvalue weighted by Crippen LogP contribution is -2.39. The van der Waals surface area contributed by atoms with Crippen molar-refractivity contribution in [1.82, 2.24) is 16.0 Å². The lowest BCUT2D eigenvalue weighted by atomic mass is 9.98. The minimum Gasteiger partial charge on any atom is -0.493 e. The monoisotopic (exact) mass is 573 g/mol. The summed E-state index contributed by atoms with van der Waals surface area (Å²) in [5.74, 6) is 0.393. The third-order valence-corrected chi connectivity index (χ3v) is 7.17. The van der Waals surface area contributed by atoms with Crippen LogP contribution in [0.2, 0.25) is 0 Å². The maximum atomic E-state index is 13.6. The van der Waals surface area contributed by atoms with Gasteiger partial charge in [-0.05, 0) is 66.1 Å². The molecule has 0 radical (unpaired) electrons. The highest BCUT2D eigenvalue weighted by molar-refractivity contribution is 6.12. The number of furan rings is 1. The van der Waals surface area contributed by atoms with Gasteiger partial charge >= 0.3 is 0 Å². The molecular formula is C33H36FN3O5. The minimum absolute atomic E-state index is 0.0746. The molecule has 0 aliphatic carbocycles. The number of halogens is 1. The van der Waals surface area contributed by atoms with Crippen LogP contribution in [0.3, 0.4) is 0 Å². The molecule has 8 nitrogen and oxygen atoms in total. The Bertz CT molecular complexity index is 1560. The zero-order valence-corrected chi connectivity index (χ0v) is 24.1. The van der Waals surface area contributed by atoms with Gasteiger partial charge in [0.05, 0.1) is 24.9 Å². The Hall–Kier alpha value is -4.21. The van der Waals surface area contributed by atoms with Crippen LogP contribution in [0, 0.1) is 11.7 Å². The molecule has 1 fully saturated rings. The summed E-state index contributed by atoms with van der Waals surface area (Å²) in [6.45, 7) is 7.38. The quantitative estimate of drug-likeness (QED) is 0.235. The van der Waals surface area contributed by atoms with E-state index in [1.807, 2.05) is 38.1 Å². The molecule has 1 atom stereocenters. The summed E-state index contributed by atoms with van der Waals surface area (Å²) in [4.78, 5) is 26.1. The first kappa shape index (κ1) is 29.3. The Kier molecular flexibility index (Phi) is 9.19. The van der Waals surface area contributed by atoms with Crippen LogP contribution < -0.4 is 20.7 Å². The standard InChI is InChI=1S/C33H36FN3O5/c1-20(2)18-37-32(38)23-7-10-28(41-14-12-25-19-36-13-15-40-25)26(17-23)22-6-11-29-27(16-22)30(33(39)35-3)31(42-29)21-4-8-24(34)9-5-21/h4-11,16-17,20,25,36H,12-15,18-19H2,1-3H3,(H,35,39)(H,37,38). The van der Waals surface area contributed by atoms with Crippen LogP contribution in [0.15, 0.2) is 65.1 Å². The highest BCUT2D eigenvalue weighted by Crippen LogP contribution is 2.38. The van der Waals surface area contributed by atoms with Crippen LogP contribution in [0.1, 0.15) is 41.0 Å². The molecule has 5 rings (SSSR count). The molecule has 0 spiro atoms. The summed E-state index contributed by atoms with van der Waals surface area (Å²) in [5.41, 5.74) is 3.40. The molecule has 220 valence electrons. The molecule has 1 unspecified atom stereocenters. The van der Waals surface area contributed by atoms with Crippen molar-refractivity contribution >= 4 is 22.8 Å². The van der Waals surface area contributed by atoms with Crippen LogP contribution in [0.4, 0.5) is 4.39 Å². The van der Waals surface area contributed by atoms with Crippen molar-refractivity contribution in [2.24, 2.45) is 5.92 Å². The van der Waals surface area contributed by atoms with Crippen LogP contribution in [0.25, 0.3) is 33.4 Å². The topological polar surface area (TPSA) is 102 Å². The maximum Gasteiger partial charge on any atom is 0.255 e. The van der Waals surface area contributed by atoms with E-state index < -0.39 is 0 Å². The second-order valence-electron chi connectivity index (χ2n) is 10.8. The van der Waals surface area contributed by atoms with Gasteiger partial charge in [-0.15, -0.1) is 0 Å². The van der Waals surface area contributed by atoms with Crippen LogP contribution >= 0.6 is 0 Å². The molecule has 1 aliphatic heterocycles. The zero-order chi connectivity index (χ0) is 29.6. The van der Waals surface area contributed by atoms with E-state index in [9.17, 15) is 14.0 Å². The second kappa shape index (κ2) is 13.2. The summed E-state index contributed by atoms with van der Waals surface area (Å²) in [5, 5.41) is 9.58. The summed E-state index contributed by atoms with van der Waals surface area (Å²) >= 11 is 0. The van der Waals surface area contributed by atoms with Gasteiger partial charge in [0.1, 0.15) is 22.9 Å². The molecule has 3 aromatic carbocycles. The van der Waals surface area contributed by atoms with Crippen molar-refractivity contribution in [3.63, 3.8) is 0 Å². The Morgan fingerprint density at radius 3 is 2.55 bits per heavy atom. The van der Waals surface area contributed by atoms with E-state index in [0.717, 1.165) is 18.7 Å². The van der Waals surface area contributed by atoms with Gasteiger partial charge in [-0.3, -0.25) is 9.59 Å². The summed E-state index contributed by atoms with van der Waals surface area (Å²) in [6, 6.07) is 16.7. The SMILES string of the molecule is CNC(=O)c1c(-c2ccc(F)cc2)oc2ccc(-c3cc(C(=O)NCC(C)C)ccc3OCCC3CNCCO3)cc12. The van der Waals surface area contributed by atoms with E-state index in [1.165, 1.54) is 12.1 Å². The van der Waals surface area contributed by atoms with Gasteiger partial charge in [0, 0.05) is 55.2 Å². The lowest BCUT2D eigenvalue weighted by molar-refractivity contribution is 0.0159. The second-order valence-corrected chi connectivity index (χ2v) is 10.8. The lowest BCUT2D eigenvalue weighted by Gasteiger charge is -2.23. The first-order valence-corrected chi connectivity index (χ1v) is 14.3. The first-order chi connectivity index (χ1) is 20.3.